The Bertz CT molecular complexity index is 544. The quantitative estimate of drug-likeness (QED) is 0.497. The van der Waals surface area contributed by atoms with Crippen molar-refractivity contribution in [3.63, 3.8) is 0 Å². The fourth-order valence-electron chi connectivity index (χ4n) is 3.34. The molecule has 2 aliphatic rings. The zero-order chi connectivity index (χ0) is 13.4. The molecular weight excluding hydrogens is 246 g/mol. The number of benzene rings is 1. The van der Waals surface area contributed by atoms with Gasteiger partial charge in [0, 0.05) is 12.0 Å². The van der Waals surface area contributed by atoms with Crippen LogP contribution in [0.3, 0.4) is 0 Å². The van der Waals surface area contributed by atoms with Crippen LogP contribution >= 0.6 is 0 Å². The summed E-state index contributed by atoms with van der Waals surface area (Å²) < 4.78 is 0. The van der Waals surface area contributed by atoms with Crippen LogP contribution in [0.2, 0.25) is 0 Å². The molecule has 1 aromatic carbocycles. The summed E-state index contributed by atoms with van der Waals surface area (Å²) in [5, 5.41) is 26.7. The zero-order valence-electron chi connectivity index (χ0n) is 10.3. The van der Waals surface area contributed by atoms with Gasteiger partial charge in [-0.15, -0.1) is 0 Å². The van der Waals surface area contributed by atoms with Gasteiger partial charge in [-0.05, 0) is 31.2 Å². The molecule has 6 heteroatoms. The van der Waals surface area contributed by atoms with Crippen molar-refractivity contribution in [1.29, 1.82) is 0 Å². The van der Waals surface area contributed by atoms with Crippen LogP contribution < -0.4 is 5.32 Å². The third-order valence-electron chi connectivity index (χ3n) is 4.21. The lowest BCUT2D eigenvalue weighted by Crippen LogP contribution is -2.35. The molecule has 100 valence electrons. The molecule has 0 amide bonds. The highest BCUT2D eigenvalue weighted by molar-refractivity contribution is 5.96. The zero-order valence-corrected chi connectivity index (χ0v) is 10.3. The lowest BCUT2D eigenvalue weighted by atomic mass is 9.93. The molecule has 19 heavy (non-hydrogen) atoms. The smallest absolute Gasteiger partial charge is 0.292 e. The van der Waals surface area contributed by atoms with Crippen LogP contribution in [0.4, 0.5) is 11.4 Å². The molecule has 0 unspecified atom stereocenters. The van der Waals surface area contributed by atoms with E-state index in [2.05, 4.69) is 10.5 Å². The van der Waals surface area contributed by atoms with Crippen molar-refractivity contribution >= 4 is 17.1 Å². The normalized spacial score (nSPS) is 30.7. The van der Waals surface area contributed by atoms with Gasteiger partial charge in [-0.25, -0.2) is 0 Å². The minimum absolute atomic E-state index is 0.0579. The number of nitrogens with zero attached hydrogens (tertiary/aromatic N) is 2. The number of nitro benzene ring substituents is 1. The van der Waals surface area contributed by atoms with Gasteiger partial charge >= 0.3 is 0 Å². The molecule has 0 aliphatic heterocycles. The van der Waals surface area contributed by atoms with E-state index in [-0.39, 0.29) is 11.7 Å². The van der Waals surface area contributed by atoms with Gasteiger partial charge in [-0.2, -0.15) is 0 Å². The molecule has 3 rings (SSSR count). The van der Waals surface area contributed by atoms with Crippen molar-refractivity contribution in [3.8, 4) is 0 Å². The molecular formula is C13H15N3O3. The second kappa shape index (κ2) is 4.53. The molecule has 2 aliphatic carbocycles. The average Bonchev–Trinajstić information content (AvgIpc) is 3.00. The summed E-state index contributed by atoms with van der Waals surface area (Å²) in [6, 6.07) is 6.50. The molecule has 3 atom stereocenters. The van der Waals surface area contributed by atoms with Gasteiger partial charge in [-0.1, -0.05) is 17.3 Å². The number of hydrogen-bond donors (Lipinski definition) is 2. The predicted molar refractivity (Wildman–Crippen MR) is 70.6 cm³/mol. The topological polar surface area (TPSA) is 87.8 Å². The van der Waals surface area contributed by atoms with Crippen LogP contribution in [0.25, 0.3) is 0 Å². The van der Waals surface area contributed by atoms with E-state index in [1.807, 2.05) is 0 Å². The van der Waals surface area contributed by atoms with E-state index in [4.69, 9.17) is 5.21 Å². The van der Waals surface area contributed by atoms with Crippen LogP contribution in [-0.2, 0) is 0 Å². The summed E-state index contributed by atoms with van der Waals surface area (Å²) in [4.78, 5) is 10.6. The summed E-state index contributed by atoms with van der Waals surface area (Å²) in [5.74, 6) is 0.742. The molecule has 6 nitrogen and oxygen atoms in total. The molecule has 0 spiro atoms. The van der Waals surface area contributed by atoms with Crippen molar-refractivity contribution < 1.29 is 10.1 Å². The largest absolute Gasteiger partial charge is 0.411 e. The van der Waals surface area contributed by atoms with E-state index in [0.29, 0.717) is 17.5 Å². The van der Waals surface area contributed by atoms with Crippen LogP contribution in [0.5, 0.6) is 0 Å². The van der Waals surface area contributed by atoms with Gasteiger partial charge in [0.2, 0.25) is 0 Å². The van der Waals surface area contributed by atoms with Crippen molar-refractivity contribution in [2.45, 2.75) is 25.3 Å². The Morgan fingerprint density at radius 1 is 1.37 bits per heavy atom. The Labute approximate surface area is 110 Å². The van der Waals surface area contributed by atoms with E-state index in [1.165, 1.54) is 6.07 Å². The summed E-state index contributed by atoms with van der Waals surface area (Å²) >= 11 is 0. The van der Waals surface area contributed by atoms with Crippen molar-refractivity contribution in [1.82, 2.24) is 0 Å². The molecule has 0 saturated heterocycles. The lowest BCUT2D eigenvalue weighted by molar-refractivity contribution is -0.384. The molecule has 0 heterocycles. The Balaban J connectivity index is 1.88. The van der Waals surface area contributed by atoms with Crippen LogP contribution in [0.15, 0.2) is 29.4 Å². The molecule has 0 radical (unpaired) electrons. The molecule has 2 saturated carbocycles. The van der Waals surface area contributed by atoms with E-state index >= 15 is 0 Å². The molecule has 1 aromatic rings. The number of fused-ring (bicyclic) bond motifs is 2. The SMILES string of the molecule is O=[N+]([O-])c1ccccc1N[C@@H]1/C(=N/O)[C@H]2CC[C@@H]1C2. The summed E-state index contributed by atoms with van der Waals surface area (Å²) in [7, 11) is 0. The first-order valence-electron chi connectivity index (χ1n) is 6.42. The number of para-hydroxylation sites is 2. The first-order valence-corrected chi connectivity index (χ1v) is 6.42. The third-order valence-corrected chi connectivity index (χ3v) is 4.21. The number of hydrogen-bond acceptors (Lipinski definition) is 5. The molecule has 0 aromatic heterocycles. The fourth-order valence-corrected chi connectivity index (χ4v) is 3.34. The highest BCUT2D eigenvalue weighted by Crippen LogP contribution is 2.44. The molecule has 2 fully saturated rings. The maximum absolute atomic E-state index is 11.0. The van der Waals surface area contributed by atoms with Gasteiger partial charge in [0.05, 0.1) is 16.7 Å². The minimum Gasteiger partial charge on any atom is -0.411 e. The van der Waals surface area contributed by atoms with Crippen molar-refractivity contribution in [2.24, 2.45) is 17.0 Å². The Kier molecular flexibility index (Phi) is 2.85. The number of nitrogens with one attached hydrogen (secondary N) is 1. The Morgan fingerprint density at radius 2 is 2.16 bits per heavy atom. The Hall–Kier alpha value is -2.11. The first-order chi connectivity index (χ1) is 9.20. The minimum atomic E-state index is -0.398. The van der Waals surface area contributed by atoms with E-state index in [0.717, 1.165) is 25.0 Å². The number of oxime groups is 1. The fraction of sp³-hybridized carbons (Fsp3) is 0.462. The standard InChI is InChI=1S/C13H15N3O3/c17-15-13-9-6-5-8(7-9)12(13)14-10-3-1-2-4-11(10)16(18)19/h1-4,8-9,12,14,17H,5-7H2/b15-13+/t8-,9+,12+/m1/s1. The highest BCUT2D eigenvalue weighted by atomic mass is 16.6. The number of anilines is 1. The van der Waals surface area contributed by atoms with Crippen LogP contribution in [0.1, 0.15) is 19.3 Å². The van der Waals surface area contributed by atoms with Crippen LogP contribution in [0, 0.1) is 22.0 Å². The first kappa shape index (κ1) is 12.0. The third kappa shape index (κ3) is 1.93. The second-order valence-corrected chi connectivity index (χ2v) is 5.19. The molecule has 2 bridgehead atoms. The van der Waals surface area contributed by atoms with E-state index < -0.39 is 4.92 Å². The van der Waals surface area contributed by atoms with Gasteiger partial charge in [0.1, 0.15) is 5.69 Å². The van der Waals surface area contributed by atoms with Crippen molar-refractivity contribution in [2.75, 3.05) is 5.32 Å². The van der Waals surface area contributed by atoms with Gasteiger partial charge in [0.15, 0.2) is 0 Å². The van der Waals surface area contributed by atoms with Gasteiger partial charge in [0.25, 0.3) is 5.69 Å². The maximum atomic E-state index is 11.0. The summed E-state index contributed by atoms with van der Waals surface area (Å²) in [6.45, 7) is 0. The van der Waals surface area contributed by atoms with Crippen LogP contribution in [-0.4, -0.2) is 21.9 Å². The number of nitro groups is 1. The number of rotatable bonds is 3. The summed E-state index contributed by atoms with van der Waals surface area (Å²) in [6.07, 6.45) is 3.15. The second-order valence-electron chi connectivity index (χ2n) is 5.19. The van der Waals surface area contributed by atoms with Gasteiger partial charge < -0.3 is 10.5 Å². The summed E-state index contributed by atoms with van der Waals surface area (Å²) in [5.41, 5.74) is 1.29. The predicted octanol–water partition coefficient (Wildman–Crippen LogP) is 2.64. The average molecular weight is 261 g/mol. The molecule has 2 N–H and O–H groups in total. The van der Waals surface area contributed by atoms with Crippen molar-refractivity contribution in [3.05, 3.63) is 34.4 Å². The monoisotopic (exact) mass is 261 g/mol. The van der Waals surface area contributed by atoms with E-state index in [9.17, 15) is 10.1 Å². The lowest BCUT2D eigenvalue weighted by Gasteiger charge is -2.24. The maximum Gasteiger partial charge on any atom is 0.292 e. The van der Waals surface area contributed by atoms with Gasteiger partial charge in [-0.3, -0.25) is 10.1 Å². The van der Waals surface area contributed by atoms with E-state index in [1.54, 1.807) is 18.2 Å². The highest BCUT2D eigenvalue weighted by Gasteiger charge is 2.46. The Morgan fingerprint density at radius 3 is 2.89 bits per heavy atom.